The molecule has 1 unspecified atom stereocenters. The van der Waals surface area contributed by atoms with Crippen LogP contribution in [0.5, 0.6) is 0 Å². The number of pyridine rings is 1. The lowest BCUT2D eigenvalue weighted by atomic mass is 10.2. The fourth-order valence-corrected chi connectivity index (χ4v) is 5.61. The van der Waals surface area contributed by atoms with E-state index in [-0.39, 0.29) is 11.9 Å². The number of piperazine rings is 1. The molecule has 0 saturated carbocycles. The Labute approximate surface area is 172 Å². The van der Waals surface area contributed by atoms with E-state index in [1.54, 1.807) is 24.4 Å². The lowest BCUT2D eigenvalue weighted by Gasteiger charge is -2.36. The summed E-state index contributed by atoms with van der Waals surface area (Å²) < 4.78 is 27.4. The van der Waals surface area contributed by atoms with Crippen LogP contribution < -0.4 is 0 Å². The van der Waals surface area contributed by atoms with Crippen molar-refractivity contribution in [2.45, 2.75) is 30.8 Å². The van der Waals surface area contributed by atoms with Gasteiger partial charge in [-0.2, -0.15) is 4.31 Å². The lowest BCUT2D eigenvalue weighted by Crippen LogP contribution is -2.53. The van der Waals surface area contributed by atoms with Gasteiger partial charge in [-0.05, 0) is 43.2 Å². The Bertz CT molecular complexity index is 972. The van der Waals surface area contributed by atoms with E-state index in [1.807, 2.05) is 36.1 Å². The summed E-state index contributed by atoms with van der Waals surface area (Å²) >= 11 is 0. The molecule has 2 aliphatic heterocycles. The quantitative estimate of drug-likeness (QED) is 0.741. The van der Waals surface area contributed by atoms with Crippen molar-refractivity contribution in [1.29, 1.82) is 0 Å². The van der Waals surface area contributed by atoms with Crippen molar-refractivity contribution in [3.8, 4) is 0 Å². The van der Waals surface area contributed by atoms with Crippen LogP contribution in [0, 0.1) is 6.92 Å². The average molecular weight is 415 g/mol. The smallest absolute Gasteiger partial charge is 0.243 e. The minimum Gasteiger partial charge on any atom is -0.335 e. The number of amides is 1. The van der Waals surface area contributed by atoms with Crippen molar-refractivity contribution in [3.05, 3.63) is 59.9 Å². The summed E-state index contributed by atoms with van der Waals surface area (Å²) in [6.45, 7) is 5.07. The maximum absolute atomic E-state index is 12.9. The maximum atomic E-state index is 12.9. The molecule has 1 aromatic heterocycles. The molecular formula is C21H26N4O3S. The van der Waals surface area contributed by atoms with Crippen molar-refractivity contribution < 1.29 is 13.2 Å². The highest BCUT2D eigenvalue weighted by Crippen LogP contribution is 2.23. The first-order valence-electron chi connectivity index (χ1n) is 9.95. The summed E-state index contributed by atoms with van der Waals surface area (Å²) in [5.74, 6) is 0.116. The number of benzene rings is 1. The van der Waals surface area contributed by atoms with Gasteiger partial charge in [-0.25, -0.2) is 8.42 Å². The van der Waals surface area contributed by atoms with Gasteiger partial charge >= 0.3 is 0 Å². The van der Waals surface area contributed by atoms with Crippen molar-refractivity contribution >= 4 is 15.9 Å². The predicted molar refractivity (Wildman–Crippen MR) is 110 cm³/mol. The zero-order chi connectivity index (χ0) is 20.4. The Morgan fingerprint density at radius 2 is 1.83 bits per heavy atom. The molecule has 0 aliphatic carbocycles. The molecule has 8 heteroatoms. The number of carbonyl (C=O) groups excluding carboxylic acids is 1. The van der Waals surface area contributed by atoms with E-state index in [1.165, 1.54) is 4.31 Å². The first-order chi connectivity index (χ1) is 13.9. The van der Waals surface area contributed by atoms with E-state index >= 15 is 0 Å². The number of carbonyl (C=O) groups is 1. The van der Waals surface area contributed by atoms with Crippen LogP contribution in [0.1, 0.15) is 17.7 Å². The molecule has 1 amide bonds. The normalized spacial score (nSPS) is 21.6. The van der Waals surface area contributed by atoms with Gasteiger partial charge in [-0.1, -0.05) is 18.2 Å². The van der Waals surface area contributed by atoms with E-state index in [2.05, 4.69) is 9.88 Å². The van der Waals surface area contributed by atoms with E-state index in [0.717, 1.165) is 17.7 Å². The zero-order valence-corrected chi connectivity index (χ0v) is 17.4. The van der Waals surface area contributed by atoms with Gasteiger partial charge in [0.15, 0.2) is 0 Å². The van der Waals surface area contributed by atoms with Gasteiger partial charge in [0.2, 0.25) is 15.9 Å². The number of nitrogens with zero attached hydrogens (tertiary/aromatic N) is 4. The third-order valence-electron chi connectivity index (χ3n) is 5.69. The molecule has 29 heavy (non-hydrogen) atoms. The molecule has 0 bridgehead atoms. The van der Waals surface area contributed by atoms with Crippen molar-refractivity contribution in [2.24, 2.45) is 0 Å². The fraction of sp³-hybridized carbons (Fsp3) is 0.429. The van der Waals surface area contributed by atoms with E-state index in [4.69, 9.17) is 0 Å². The topological polar surface area (TPSA) is 73.8 Å². The van der Waals surface area contributed by atoms with Gasteiger partial charge in [0.25, 0.3) is 0 Å². The highest BCUT2D eigenvalue weighted by Gasteiger charge is 2.38. The highest BCUT2D eigenvalue weighted by molar-refractivity contribution is 7.89. The first-order valence-corrected chi connectivity index (χ1v) is 11.4. The van der Waals surface area contributed by atoms with Crippen LogP contribution in [0.25, 0.3) is 0 Å². The Kier molecular flexibility index (Phi) is 5.67. The minimum atomic E-state index is -3.49. The number of hydrogen-bond acceptors (Lipinski definition) is 5. The zero-order valence-electron chi connectivity index (χ0n) is 16.6. The third-order valence-corrected chi connectivity index (χ3v) is 7.58. The lowest BCUT2D eigenvalue weighted by molar-refractivity contribution is -0.133. The molecule has 3 heterocycles. The van der Waals surface area contributed by atoms with Gasteiger partial charge in [-0.3, -0.25) is 14.7 Å². The standard InChI is InChI=1S/C21H26N4O3S/c1-17-5-4-7-19(15-17)29(27,28)25-13-11-23(12-14-25)20-8-10-24(21(20)26)16-18-6-2-3-9-22-18/h2-7,9,15,20H,8,10-14,16H2,1H3. The molecular weight excluding hydrogens is 388 g/mol. The van der Waals surface area contributed by atoms with E-state index in [9.17, 15) is 13.2 Å². The number of sulfonamides is 1. The van der Waals surface area contributed by atoms with Crippen molar-refractivity contribution in [3.63, 3.8) is 0 Å². The molecule has 1 atom stereocenters. The second-order valence-electron chi connectivity index (χ2n) is 7.64. The molecule has 0 N–H and O–H groups in total. The summed E-state index contributed by atoms with van der Waals surface area (Å²) in [5.41, 5.74) is 1.81. The largest absolute Gasteiger partial charge is 0.335 e. The Balaban J connectivity index is 1.37. The second-order valence-corrected chi connectivity index (χ2v) is 9.58. The molecule has 2 saturated heterocycles. The summed E-state index contributed by atoms with van der Waals surface area (Å²) in [6, 6.07) is 12.6. The molecule has 4 rings (SSSR count). The molecule has 7 nitrogen and oxygen atoms in total. The number of rotatable bonds is 5. The van der Waals surface area contributed by atoms with Gasteiger partial charge in [0, 0.05) is 38.9 Å². The maximum Gasteiger partial charge on any atom is 0.243 e. The van der Waals surface area contributed by atoms with Crippen LogP contribution >= 0.6 is 0 Å². The summed E-state index contributed by atoms with van der Waals surface area (Å²) in [6.07, 6.45) is 2.51. The number of aryl methyl sites for hydroxylation is 1. The van der Waals surface area contributed by atoms with Crippen LogP contribution in [-0.2, 0) is 21.4 Å². The summed E-state index contributed by atoms with van der Waals surface area (Å²) in [5, 5.41) is 0. The fourth-order valence-electron chi connectivity index (χ4n) is 4.09. The molecule has 1 aromatic carbocycles. The molecule has 2 aromatic rings. The number of aromatic nitrogens is 1. The SMILES string of the molecule is Cc1cccc(S(=O)(=O)N2CCN(C3CCN(Cc4ccccn4)C3=O)CC2)c1. The molecule has 154 valence electrons. The second kappa shape index (κ2) is 8.22. The highest BCUT2D eigenvalue weighted by atomic mass is 32.2. The predicted octanol–water partition coefficient (Wildman–Crippen LogP) is 1.50. The van der Waals surface area contributed by atoms with Gasteiger partial charge in [0.05, 0.1) is 23.2 Å². The molecule has 0 radical (unpaired) electrons. The van der Waals surface area contributed by atoms with Crippen LogP contribution in [0.2, 0.25) is 0 Å². The Morgan fingerprint density at radius 1 is 1.03 bits per heavy atom. The molecule has 2 fully saturated rings. The van der Waals surface area contributed by atoms with Crippen LogP contribution in [0.15, 0.2) is 53.6 Å². The van der Waals surface area contributed by atoms with Crippen LogP contribution in [0.3, 0.4) is 0 Å². The molecule has 0 spiro atoms. The van der Waals surface area contributed by atoms with Gasteiger partial charge < -0.3 is 4.90 Å². The monoisotopic (exact) mass is 414 g/mol. The first kappa shape index (κ1) is 20.0. The van der Waals surface area contributed by atoms with Crippen molar-refractivity contribution in [2.75, 3.05) is 32.7 Å². The van der Waals surface area contributed by atoms with E-state index < -0.39 is 10.0 Å². The van der Waals surface area contributed by atoms with Gasteiger partial charge in [0.1, 0.15) is 0 Å². The summed E-state index contributed by atoms with van der Waals surface area (Å²) in [4.78, 5) is 21.5. The summed E-state index contributed by atoms with van der Waals surface area (Å²) in [7, 11) is -3.49. The number of likely N-dealkylation sites (tertiary alicyclic amines) is 1. The third kappa shape index (κ3) is 4.19. The Hall–Kier alpha value is -2.29. The van der Waals surface area contributed by atoms with E-state index in [0.29, 0.717) is 44.2 Å². The van der Waals surface area contributed by atoms with Crippen molar-refractivity contribution in [1.82, 2.24) is 19.1 Å². The molecule has 2 aliphatic rings. The van der Waals surface area contributed by atoms with Crippen LogP contribution in [-0.4, -0.2) is 72.2 Å². The van der Waals surface area contributed by atoms with Crippen LogP contribution in [0.4, 0.5) is 0 Å². The van der Waals surface area contributed by atoms with Gasteiger partial charge in [-0.15, -0.1) is 0 Å². The Morgan fingerprint density at radius 3 is 2.52 bits per heavy atom. The number of hydrogen-bond donors (Lipinski definition) is 0. The minimum absolute atomic E-state index is 0.116. The average Bonchev–Trinajstić information content (AvgIpc) is 3.09.